The predicted molar refractivity (Wildman–Crippen MR) is 60.5 cm³/mol. The largest absolute Gasteiger partial charge is 0.496 e. The Morgan fingerprint density at radius 3 is 3.07 bits per heavy atom. The van der Waals surface area contributed by atoms with E-state index in [9.17, 15) is 5.11 Å². The fraction of sp³-hybridized carbons (Fsp3) is 0.500. The SMILES string of the molecule is COc1cccc2c1C(CC(C)O)CN2. The van der Waals surface area contributed by atoms with Crippen molar-refractivity contribution in [1.29, 1.82) is 0 Å². The number of ether oxygens (including phenoxy) is 1. The van der Waals surface area contributed by atoms with Crippen molar-refractivity contribution in [3.63, 3.8) is 0 Å². The lowest BCUT2D eigenvalue weighted by Crippen LogP contribution is -2.10. The Balaban J connectivity index is 2.31. The average Bonchev–Trinajstić information content (AvgIpc) is 2.61. The van der Waals surface area contributed by atoms with Crippen molar-refractivity contribution in [3.8, 4) is 5.75 Å². The highest BCUT2D eigenvalue weighted by atomic mass is 16.5. The third-order valence-corrected chi connectivity index (χ3v) is 2.86. The molecule has 2 N–H and O–H groups in total. The van der Waals surface area contributed by atoms with Gasteiger partial charge >= 0.3 is 0 Å². The molecule has 2 unspecified atom stereocenters. The molecule has 0 fully saturated rings. The van der Waals surface area contributed by atoms with Crippen molar-refractivity contribution in [2.45, 2.75) is 25.4 Å². The molecule has 0 aliphatic carbocycles. The zero-order valence-electron chi connectivity index (χ0n) is 9.16. The molecule has 3 nitrogen and oxygen atoms in total. The standard InChI is InChI=1S/C12H17NO2/c1-8(14)6-9-7-13-10-4-3-5-11(15-2)12(9)10/h3-5,8-9,13-14H,6-7H2,1-2H3. The Bertz CT molecular complexity index is 349. The van der Waals surface area contributed by atoms with Crippen molar-refractivity contribution in [1.82, 2.24) is 0 Å². The van der Waals surface area contributed by atoms with Gasteiger partial charge in [0.25, 0.3) is 0 Å². The fourth-order valence-corrected chi connectivity index (χ4v) is 2.25. The number of rotatable bonds is 3. The Kier molecular flexibility index (Phi) is 2.82. The second kappa shape index (κ2) is 4.11. The Labute approximate surface area is 90.1 Å². The Morgan fingerprint density at radius 2 is 2.40 bits per heavy atom. The number of nitrogens with one attached hydrogen (secondary N) is 1. The summed E-state index contributed by atoms with van der Waals surface area (Å²) in [5.41, 5.74) is 2.35. The first-order valence-corrected chi connectivity index (χ1v) is 5.31. The summed E-state index contributed by atoms with van der Waals surface area (Å²) in [5, 5.41) is 12.8. The van der Waals surface area contributed by atoms with Gasteiger partial charge in [-0.25, -0.2) is 0 Å². The van der Waals surface area contributed by atoms with Gasteiger partial charge in [-0.3, -0.25) is 0 Å². The van der Waals surface area contributed by atoms with E-state index in [1.165, 1.54) is 5.56 Å². The van der Waals surface area contributed by atoms with E-state index < -0.39 is 0 Å². The quantitative estimate of drug-likeness (QED) is 0.796. The van der Waals surface area contributed by atoms with Crippen molar-refractivity contribution in [2.24, 2.45) is 0 Å². The van der Waals surface area contributed by atoms with E-state index in [-0.39, 0.29) is 6.10 Å². The maximum atomic E-state index is 9.43. The van der Waals surface area contributed by atoms with Crippen LogP contribution in [-0.4, -0.2) is 24.9 Å². The second-order valence-electron chi connectivity index (χ2n) is 4.08. The number of benzene rings is 1. The number of fused-ring (bicyclic) bond motifs is 1. The van der Waals surface area contributed by atoms with E-state index in [1.54, 1.807) is 7.11 Å². The fourth-order valence-electron chi connectivity index (χ4n) is 2.25. The molecule has 1 heterocycles. The molecule has 2 atom stereocenters. The van der Waals surface area contributed by atoms with E-state index in [4.69, 9.17) is 4.74 Å². The smallest absolute Gasteiger partial charge is 0.124 e. The van der Waals surface area contributed by atoms with Gasteiger partial charge in [0.05, 0.1) is 13.2 Å². The van der Waals surface area contributed by atoms with Crippen LogP contribution in [0.15, 0.2) is 18.2 Å². The van der Waals surface area contributed by atoms with Crippen LogP contribution in [0.3, 0.4) is 0 Å². The third-order valence-electron chi connectivity index (χ3n) is 2.86. The summed E-state index contributed by atoms with van der Waals surface area (Å²) in [6, 6.07) is 6.01. The van der Waals surface area contributed by atoms with Crippen LogP contribution in [0.2, 0.25) is 0 Å². The van der Waals surface area contributed by atoms with Crippen molar-refractivity contribution < 1.29 is 9.84 Å². The molecule has 2 rings (SSSR count). The number of hydrogen-bond acceptors (Lipinski definition) is 3. The second-order valence-corrected chi connectivity index (χ2v) is 4.08. The molecule has 0 amide bonds. The summed E-state index contributed by atoms with van der Waals surface area (Å²) in [5.74, 6) is 1.28. The molecule has 15 heavy (non-hydrogen) atoms. The zero-order chi connectivity index (χ0) is 10.8. The van der Waals surface area contributed by atoms with Crippen LogP contribution in [0.1, 0.15) is 24.8 Å². The minimum Gasteiger partial charge on any atom is -0.496 e. The molecule has 0 spiro atoms. The predicted octanol–water partition coefficient (Wildman–Crippen LogP) is 1.98. The summed E-state index contributed by atoms with van der Waals surface area (Å²) in [4.78, 5) is 0. The van der Waals surface area contributed by atoms with Gasteiger partial charge in [-0.05, 0) is 25.5 Å². The van der Waals surface area contributed by atoms with Crippen LogP contribution in [0.5, 0.6) is 5.75 Å². The molecule has 3 heteroatoms. The lowest BCUT2D eigenvalue weighted by molar-refractivity contribution is 0.176. The Morgan fingerprint density at radius 1 is 1.60 bits per heavy atom. The van der Waals surface area contributed by atoms with Gasteiger partial charge in [-0.15, -0.1) is 0 Å². The van der Waals surface area contributed by atoms with Crippen LogP contribution < -0.4 is 10.1 Å². The molecular formula is C12H17NO2. The lowest BCUT2D eigenvalue weighted by atomic mass is 9.95. The normalized spacial score (nSPS) is 20.6. The van der Waals surface area contributed by atoms with Crippen LogP contribution >= 0.6 is 0 Å². The first-order valence-electron chi connectivity index (χ1n) is 5.31. The summed E-state index contributed by atoms with van der Waals surface area (Å²) in [6.45, 7) is 2.72. The molecule has 1 aliphatic heterocycles. The molecule has 0 saturated heterocycles. The van der Waals surface area contributed by atoms with Crippen molar-refractivity contribution >= 4 is 5.69 Å². The van der Waals surface area contributed by atoms with Crippen LogP contribution in [0.4, 0.5) is 5.69 Å². The van der Waals surface area contributed by atoms with Crippen molar-refractivity contribution in [2.75, 3.05) is 19.0 Å². The van der Waals surface area contributed by atoms with E-state index in [1.807, 2.05) is 19.1 Å². The summed E-state index contributed by atoms with van der Waals surface area (Å²) < 4.78 is 5.35. The topological polar surface area (TPSA) is 41.5 Å². The monoisotopic (exact) mass is 207 g/mol. The number of aliphatic hydroxyl groups excluding tert-OH is 1. The minimum atomic E-state index is -0.271. The first-order chi connectivity index (χ1) is 7.22. The van der Waals surface area contributed by atoms with E-state index in [2.05, 4.69) is 11.4 Å². The van der Waals surface area contributed by atoms with Gasteiger partial charge in [-0.2, -0.15) is 0 Å². The number of methoxy groups -OCH3 is 1. The van der Waals surface area contributed by atoms with Gasteiger partial charge in [0.15, 0.2) is 0 Å². The van der Waals surface area contributed by atoms with Gasteiger partial charge < -0.3 is 15.2 Å². The number of aliphatic hydroxyl groups is 1. The van der Waals surface area contributed by atoms with Gasteiger partial charge in [0, 0.05) is 23.7 Å². The molecule has 82 valence electrons. The molecular weight excluding hydrogens is 190 g/mol. The molecule has 1 aromatic carbocycles. The average molecular weight is 207 g/mol. The number of hydrogen-bond donors (Lipinski definition) is 2. The van der Waals surface area contributed by atoms with Crippen LogP contribution in [0, 0.1) is 0 Å². The van der Waals surface area contributed by atoms with Crippen LogP contribution in [-0.2, 0) is 0 Å². The number of anilines is 1. The molecule has 1 aromatic rings. The highest BCUT2D eigenvalue weighted by Gasteiger charge is 2.26. The third kappa shape index (κ3) is 1.92. The van der Waals surface area contributed by atoms with Gasteiger partial charge in [0.1, 0.15) is 5.75 Å². The Hall–Kier alpha value is -1.22. The summed E-state index contributed by atoms with van der Waals surface area (Å²) in [7, 11) is 1.69. The molecule has 0 saturated carbocycles. The molecule has 0 radical (unpaired) electrons. The first kappa shape index (κ1) is 10.3. The molecule has 0 aromatic heterocycles. The lowest BCUT2D eigenvalue weighted by Gasteiger charge is -2.14. The highest BCUT2D eigenvalue weighted by molar-refractivity contribution is 5.63. The minimum absolute atomic E-state index is 0.271. The van der Waals surface area contributed by atoms with E-state index in [0.29, 0.717) is 5.92 Å². The van der Waals surface area contributed by atoms with Crippen molar-refractivity contribution in [3.05, 3.63) is 23.8 Å². The van der Waals surface area contributed by atoms with Crippen LogP contribution in [0.25, 0.3) is 0 Å². The highest BCUT2D eigenvalue weighted by Crippen LogP contribution is 2.40. The summed E-state index contributed by atoms with van der Waals surface area (Å²) >= 11 is 0. The maximum absolute atomic E-state index is 9.43. The zero-order valence-corrected chi connectivity index (χ0v) is 9.16. The molecule has 1 aliphatic rings. The maximum Gasteiger partial charge on any atom is 0.124 e. The van der Waals surface area contributed by atoms with Gasteiger partial charge in [0.2, 0.25) is 0 Å². The molecule has 0 bridgehead atoms. The van der Waals surface area contributed by atoms with Gasteiger partial charge in [-0.1, -0.05) is 6.07 Å². The summed E-state index contributed by atoms with van der Waals surface area (Å²) in [6.07, 6.45) is 0.507. The van der Waals surface area contributed by atoms with E-state index in [0.717, 1.165) is 24.4 Å². The van der Waals surface area contributed by atoms with E-state index >= 15 is 0 Å².